The number of likely N-dealkylation sites (tertiary alicyclic amines) is 1. The molecule has 2 aromatic rings. The molecule has 2 unspecified atom stereocenters. The maximum Gasteiger partial charge on any atom is 0.401 e. The Morgan fingerprint density at radius 3 is 2.36 bits per heavy atom. The Labute approximate surface area is 195 Å². The maximum atomic E-state index is 14.1. The number of allylic oxidation sites excluding steroid dienone is 2. The van der Waals surface area contributed by atoms with Crippen LogP contribution in [0.15, 0.2) is 79.1 Å². The molecule has 2 saturated heterocycles. The zero-order chi connectivity index (χ0) is 23.6. The second-order valence-corrected chi connectivity index (χ2v) is 9.49. The highest BCUT2D eigenvalue weighted by Crippen LogP contribution is 2.52. The van der Waals surface area contributed by atoms with Gasteiger partial charge in [-0.05, 0) is 47.8 Å². The Morgan fingerprint density at radius 2 is 1.73 bits per heavy atom. The minimum absolute atomic E-state index is 0.00482. The van der Waals surface area contributed by atoms with Gasteiger partial charge in [-0.2, -0.15) is 13.2 Å². The van der Waals surface area contributed by atoms with Gasteiger partial charge in [0.2, 0.25) is 0 Å². The molecule has 0 radical (unpaired) electrons. The monoisotopic (exact) mass is 454 g/mol. The van der Waals surface area contributed by atoms with Gasteiger partial charge in [0.15, 0.2) is 0 Å². The lowest BCUT2D eigenvalue weighted by molar-refractivity contribution is -0.146. The minimum Gasteiger partial charge on any atom is -0.388 e. The number of aryl methyl sites for hydroxylation is 1. The molecule has 0 aliphatic carbocycles. The van der Waals surface area contributed by atoms with Crippen LogP contribution in [0.4, 0.5) is 13.2 Å². The average molecular weight is 455 g/mol. The third kappa shape index (κ3) is 4.68. The van der Waals surface area contributed by atoms with Gasteiger partial charge in [0.05, 0.1) is 0 Å². The maximum absolute atomic E-state index is 14.1. The fourth-order valence-electron chi connectivity index (χ4n) is 5.87. The molecule has 2 atom stereocenters. The summed E-state index contributed by atoms with van der Waals surface area (Å²) in [5.41, 5.74) is 4.16. The van der Waals surface area contributed by atoms with Crippen LogP contribution >= 0.6 is 0 Å². The minimum atomic E-state index is -4.38. The van der Waals surface area contributed by atoms with Crippen LogP contribution in [-0.4, -0.2) is 30.7 Å². The number of piperidine rings is 2. The molecule has 2 aliphatic rings. The molecule has 5 heteroatoms. The summed E-state index contributed by atoms with van der Waals surface area (Å²) in [6, 6.07) is 16.7. The molecule has 0 saturated carbocycles. The average Bonchev–Trinajstić information content (AvgIpc) is 2.79. The molecule has 2 fully saturated rings. The number of halogens is 3. The number of benzene rings is 2. The molecule has 0 bridgehead atoms. The van der Waals surface area contributed by atoms with Gasteiger partial charge in [0.25, 0.3) is 0 Å². The van der Waals surface area contributed by atoms with Gasteiger partial charge in [-0.15, -0.1) is 0 Å². The first kappa shape index (κ1) is 23.5. The van der Waals surface area contributed by atoms with Gasteiger partial charge < -0.3 is 10.2 Å². The molecular weight excluding hydrogens is 421 g/mol. The third-order valence-electron chi connectivity index (χ3n) is 7.63. The Hall–Kier alpha value is -2.69. The molecule has 2 aliphatic heterocycles. The standard InChI is InChI=1S/C28H33F3N2/c1-4-22-10-8-9-13-24(22)25-19-32-20(2)18-27(25)14-16-33(17-15-27)21(3)26(28(29,30)31)23-11-6-5-7-12-23/h5-13,25-26,32H,2-4,14-19H2,1H3. The van der Waals surface area contributed by atoms with Crippen LogP contribution in [0, 0.1) is 5.41 Å². The summed E-state index contributed by atoms with van der Waals surface area (Å²) in [5.74, 6) is -1.35. The molecule has 176 valence electrons. The first-order valence-corrected chi connectivity index (χ1v) is 11.8. The van der Waals surface area contributed by atoms with Crippen molar-refractivity contribution in [2.75, 3.05) is 19.6 Å². The zero-order valence-electron chi connectivity index (χ0n) is 19.3. The summed E-state index contributed by atoms with van der Waals surface area (Å²) in [5, 5.41) is 3.47. The van der Waals surface area contributed by atoms with E-state index < -0.39 is 12.1 Å². The van der Waals surface area contributed by atoms with E-state index in [1.165, 1.54) is 11.1 Å². The first-order valence-electron chi connectivity index (χ1n) is 11.8. The molecule has 2 aromatic carbocycles. The number of rotatable bonds is 5. The summed E-state index contributed by atoms with van der Waals surface area (Å²) in [6.07, 6.45) is -0.892. The molecule has 0 aromatic heterocycles. The van der Waals surface area contributed by atoms with Gasteiger partial charge >= 0.3 is 6.18 Å². The van der Waals surface area contributed by atoms with Crippen molar-refractivity contribution in [3.63, 3.8) is 0 Å². The Kier molecular flexibility index (Phi) is 6.60. The fraction of sp³-hybridized carbons (Fsp3) is 0.429. The highest BCUT2D eigenvalue weighted by Gasteiger charge is 2.48. The largest absolute Gasteiger partial charge is 0.401 e. The van der Waals surface area contributed by atoms with Gasteiger partial charge in [0.1, 0.15) is 5.92 Å². The predicted octanol–water partition coefficient (Wildman–Crippen LogP) is 6.78. The van der Waals surface area contributed by atoms with E-state index in [4.69, 9.17) is 0 Å². The molecule has 4 rings (SSSR count). The van der Waals surface area contributed by atoms with Gasteiger partial charge in [0, 0.05) is 36.9 Å². The number of alkyl halides is 3. The summed E-state index contributed by atoms with van der Waals surface area (Å²) in [7, 11) is 0. The molecule has 0 amide bonds. The van der Waals surface area contributed by atoms with E-state index in [-0.39, 0.29) is 16.7 Å². The Balaban J connectivity index is 1.58. The highest BCUT2D eigenvalue weighted by molar-refractivity contribution is 5.35. The van der Waals surface area contributed by atoms with Crippen LogP contribution < -0.4 is 5.32 Å². The van der Waals surface area contributed by atoms with E-state index in [0.29, 0.717) is 19.0 Å². The molecular formula is C28H33F3N2. The summed E-state index contributed by atoms with van der Waals surface area (Å²) >= 11 is 0. The van der Waals surface area contributed by atoms with Crippen molar-refractivity contribution >= 4 is 0 Å². The van der Waals surface area contributed by atoms with E-state index >= 15 is 0 Å². The Bertz CT molecular complexity index is 988. The third-order valence-corrected chi connectivity index (χ3v) is 7.63. The summed E-state index contributed by atoms with van der Waals surface area (Å²) in [6.45, 7) is 12.3. The lowest BCUT2D eigenvalue weighted by atomic mass is 9.61. The fourth-order valence-corrected chi connectivity index (χ4v) is 5.87. The summed E-state index contributed by atoms with van der Waals surface area (Å²) < 4.78 is 42.2. The predicted molar refractivity (Wildman–Crippen MR) is 128 cm³/mol. The highest BCUT2D eigenvalue weighted by atomic mass is 19.4. The number of hydrogen-bond donors (Lipinski definition) is 1. The van der Waals surface area contributed by atoms with E-state index in [9.17, 15) is 13.2 Å². The van der Waals surface area contributed by atoms with Crippen molar-refractivity contribution in [1.29, 1.82) is 0 Å². The molecule has 2 heterocycles. The number of hydrogen-bond acceptors (Lipinski definition) is 2. The van der Waals surface area contributed by atoms with Crippen molar-refractivity contribution in [2.24, 2.45) is 5.41 Å². The van der Waals surface area contributed by atoms with Crippen molar-refractivity contribution in [3.8, 4) is 0 Å². The van der Waals surface area contributed by atoms with E-state index in [0.717, 1.165) is 37.9 Å². The van der Waals surface area contributed by atoms with Crippen LogP contribution in [0.3, 0.4) is 0 Å². The van der Waals surface area contributed by atoms with Crippen LogP contribution in [0.25, 0.3) is 0 Å². The molecule has 1 spiro atoms. The Morgan fingerprint density at radius 1 is 1.09 bits per heavy atom. The smallest absolute Gasteiger partial charge is 0.388 e. The van der Waals surface area contributed by atoms with Gasteiger partial charge in [-0.25, -0.2) is 0 Å². The SMILES string of the molecule is C=C1CC2(CCN(C(=C)C(c3ccccc3)C(F)(F)F)CC2)C(c2ccccc2CC)CN1. The van der Waals surface area contributed by atoms with E-state index in [2.05, 4.69) is 49.7 Å². The zero-order valence-corrected chi connectivity index (χ0v) is 19.3. The molecule has 1 N–H and O–H groups in total. The van der Waals surface area contributed by atoms with Crippen molar-refractivity contribution < 1.29 is 13.2 Å². The van der Waals surface area contributed by atoms with Gasteiger partial charge in [-0.1, -0.05) is 74.7 Å². The van der Waals surface area contributed by atoms with Crippen LogP contribution in [0.1, 0.15) is 54.7 Å². The van der Waals surface area contributed by atoms with Crippen LogP contribution in [0.5, 0.6) is 0 Å². The number of nitrogens with zero attached hydrogens (tertiary/aromatic N) is 1. The first-order chi connectivity index (χ1) is 15.7. The number of nitrogens with one attached hydrogen (secondary N) is 1. The van der Waals surface area contributed by atoms with Crippen molar-refractivity contribution in [2.45, 2.75) is 50.6 Å². The van der Waals surface area contributed by atoms with Crippen LogP contribution in [0.2, 0.25) is 0 Å². The van der Waals surface area contributed by atoms with Crippen molar-refractivity contribution in [1.82, 2.24) is 10.2 Å². The van der Waals surface area contributed by atoms with Crippen molar-refractivity contribution in [3.05, 3.63) is 95.8 Å². The second kappa shape index (κ2) is 9.28. The lowest BCUT2D eigenvalue weighted by Crippen LogP contribution is -2.49. The topological polar surface area (TPSA) is 15.3 Å². The van der Waals surface area contributed by atoms with Gasteiger partial charge in [-0.3, -0.25) is 0 Å². The summed E-state index contributed by atoms with van der Waals surface area (Å²) in [4.78, 5) is 1.87. The van der Waals surface area contributed by atoms with E-state index in [1.54, 1.807) is 30.3 Å². The van der Waals surface area contributed by atoms with Crippen LogP contribution in [-0.2, 0) is 6.42 Å². The normalized spacial score (nSPS) is 21.5. The molecule has 2 nitrogen and oxygen atoms in total. The second-order valence-electron chi connectivity index (χ2n) is 9.49. The van der Waals surface area contributed by atoms with E-state index in [1.807, 2.05) is 4.90 Å². The molecule has 33 heavy (non-hydrogen) atoms. The quantitative estimate of drug-likeness (QED) is 0.536. The lowest BCUT2D eigenvalue weighted by Gasteiger charge is -2.51.